The van der Waals surface area contributed by atoms with Crippen molar-refractivity contribution in [3.05, 3.63) is 86.4 Å². The van der Waals surface area contributed by atoms with Crippen molar-refractivity contribution >= 4 is 92.8 Å². The number of benzene rings is 3. The number of amides is 3. The Bertz CT molecular complexity index is 1640. The lowest BCUT2D eigenvalue weighted by atomic mass is 10.1. The van der Waals surface area contributed by atoms with E-state index in [4.69, 9.17) is 58.0 Å². The van der Waals surface area contributed by atoms with Crippen LogP contribution in [0.2, 0.25) is 15.1 Å². The fourth-order valence-corrected chi connectivity index (χ4v) is 5.36. The average molecular weight is 708 g/mol. The van der Waals surface area contributed by atoms with Gasteiger partial charge in [-0.05, 0) is 48.0 Å². The number of hydrogen-bond acceptors (Lipinski definition) is 3. The number of halogens is 11. The standard InChI is InChI=1S/C26H14Cl5F6N3O3/c27-12-4-2-10(38-22(42)18-17(25(18,30)31)9-1-3-13(28)14(29)7-9)8-11(12)21(41)39-16-6-5-15(32)20(19(16)33)40-24(43)26(36,37)23(34)35/h1-8,17-18,23H,(H,38,42)(H,39,41)(H,40,43)/t17-,18?/m0/s1. The third-order valence-electron chi connectivity index (χ3n) is 6.27. The maximum absolute atomic E-state index is 14.9. The number of nitrogens with one attached hydrogen (secondary N) is 3. The normalized spacial score (nSPS) is 17.4. The zero-order valence-electron chi connectivity index (χ0n) is 20.7. The highest BCUT2D eigenvalue weighted by Gasteiger charge is 2.67. The zero-order chi connectivity index (χ0) is 32.0. The minimum atomic E-state index is -5.26. The average Bonchev–Trinajstić information content (AvgIpc) is 3.52. The lowest BCUT2D eigenvalue weighted by Crippen LogP contribution is -2.41. The second-order valence-electron chi connectivity index (χ2n) is 9.10. The number of alkyl halides is 6. The second-order valence-corrected chi connectivity index (χ2v) is 11.8. The van der Waals surface area contributed by atoms with Crippen LogP contribution in [0.4, 0.5) is 43.4 Å². The van der Waals surface area contributed by atoms with E-state index in [0.29, 0.717) is 17.7 Å². The Morgan fingerprint density at radius 1 is 0.837 bits per heavy atom. The van der Waals surface area contributed by atoms with Crippen LogP contribution < -0.4 is 16.0 Å². The maximum Gasteiger partial charge on any atom is 0.383 e. The first-order chi connectivity index (χ1) is 20.0. The summed E-state index contributed by atoms with van der Waals surface area (Å²) in [7, 11) is 0. The molecule has 2 atom stereocenters. The molecule has 0 saturated heterocycles. The van der Waals surface area contributed by atoms with E-state index in [2.05, 4.69) is 5.32 Å². The van der Waals surface area contributed by atoms with E-state index in [9.17, 15) is 40.7 Å². The van der Waals surface area contributed by atoms with Gasteiger partial charge < -0.3 is 16.0 Å². The van der Waals surface area contributed by atoms with Gasteiger partial charge in [0.1, 0.15) is 15.8 Å². The summed E-state index contributed by atoms with van der Waals surface area (Å²) in [6.07, 6.45) is -4.46. The van der Waals surface area contributed by atoms with Crippen LogP contribution >= 0.6 is 58.0 Å². The van der Waals surface area contributed by atoms with E-state index in [1.54, 1.807) is 6.07 Å². The minimum absolute atomic E-state index is 0.0326. The van der Waals surface area contributed by atoms with Gasteiger partial charge >= 0.3 is 18.3 Å². The molecule has 1 aliphatic carbocycles. The van der Waals surface area contributed by atoms with Gasteiger partial charge in [-0.3, -0.25) is 14.4 Å². The fourth-order valence-electron chi connectivity index (χ4n) is 4.02. The lowest BCUT2D eigenvalue weighted by molar-refractivity contribution is -0.163. The molecule has 0 radical (unpaired) electrons. The Hall–Kier alpha value is -2.90. The van der Waals surface area contributed by atoms with E-state index in [1.165, 1.54) is 24.3 Å². The van der Waals surface area contributed by atoms with Crippen molar-refractivity contribution in [1.82, 2.24) is 0 Å². The third-order valence-corrected chi connectivity index (χ3v) is 8.28. The Morgan fingerprint density at radius 2 is 1.49 bits per heavy atom. The van der Waals surface area contributed by atoms with Crippen LogP contribution in [0, 0.1) is 17.6 Å². The van der Waals surface area contributed by atoms with Gasteiger partial charge in [0, 0.05) is 11.6 Å². The third kappa shape index (κ3) is 6.63. The molecule has 6 nitrogen and oxygen atoms in total. The van der Waals surface area contributed by atoms with Crippen molar-refractivity contribution in [3.8, 4) is 0 Å². The molecular formula is C26H14Cl5F6N3O3. The van der Waals surface area contributed by atoms with Gasteiger partial charge in [-0.2, -0.15) is 8.78 Å². The topological polar surface area (TPSA) is 87.3 Å². The summed E-state index contributed by atoms with van der Waals surface area (Å²) in [5.41, 5.74) is -2.10. The SMILES string of the molecule is O=C(Nc1ccc(F)c(NC(=O)C(F)(F)C(F)F)c1F)c1cc(NC(=O)C2[C@H](c3ccc(Cl)c(Cl)c3)C2(Cl)Cl)ccc1Cl. The van der Waals surface area contributed by atoms with Crippen LogP contribution in [0.5, 0.6) is 0 Å². The predicted molar refractivity (Wildman–Crippen MR) is 151 cm³/mol. The van der Waals surface area contributed by atoms with Gasteiger partial charge in [0.15, 0.2) is 5.82 Å². The molecule has 17 heteroatoms. The molecule has 0 aliphatic heterocycles. The molecule has 1 saturated carbocycles. The molecule has 4 rings (SSSR count). The van der Waals surface area contributed by atoms with Crippen LogP contribution in [0.15, 0.2) is 48.5 Å². The molecule has 3 amide bonds. The van der Waals surface area contributed by atoms with Crippen molar-refractivity contribution < 1.29 is 40.7 Å². The lowest BCUT2D eigenvalue weighted by Gasteiger charge is -2.17. The summed E-state index contributed by atoms with van der Waals surface area (Å²) in [6.45, 7) is 0. The van der Waals surface area contributed by atoms with E-state index < -0.39 is 69.2 Å². The van der Waals surface area contributed by atoms with Crippen molar-refractivity contribution in [2.45, 2.75) is 22.6 Å². The second kappa shape index (κ2) is 12.2. The molecular weight excluding hydrogens is 694 g/mol. The molecule has 43 heavy (non-hydrogen) atoms. The molecule has 3 aromatic rings. The Balaban J connectivity index is 1.51. The van der Waals surface area contributed by atoms with Gasteiger partial charge in [-0.15, -0.1) is 23.2 Å². The molecule has 0 aromatic heterocycles. The summed E-state index contributed by atoms with van der Waals surface area (Å²) in [5.74, 6) is -14.6. The summed E-state index contributed by atoms with van der Waals surface area (Å²) < 4.78 is 78.9. The number of rotatable bonds is 8. The predicted octanol–water partition coefficient (Wildman–Crippen LogP) is 8.54. The van der Waals surface area contributed by atoms with E-state index >= 15 is 0 Å². The van der Waals surface area contributed by atoms with E-state index in [-0.39, 0.29) is 26.3 Å². The molecule has 1 aliphatic rings. The Kier molecular flexibility index (Phi) is 9.39. The van der Waals surface area contributed by atoms with Crippen molar-refractivity contribution in [2.75, 3.05) is 16.0 Å². The van der Waals surface area contributed by atoms with Gasteiger partial charge in [0.25, 0.3) is 5.91 Å². The monoisotopic (exact) mass is 705 g/mol. The van der Waals surface area contributed by atoms with E-state index in [0.717, 1.165) is 11.4 Å². The highest BCUT2D eigenvalue weighted by molar-refractivity contribution is 6.53. The first-order valence-corrected chi connectivity index (χ1v) is 13.6. The van der Waals surface area contributed by atoms with Crippen LogP contribution in [0.3, 0.4) is 0 Å². The van der Waals surface area contributed by atoms with Crippen LogP contribution in [-0.2, 0) is 9.59 Å². The van der Waals surface area contributed by atoms with Crippen LogP contribution in [0.25, 0.3) is 0 Å². The van der Waals surface area contributed by atoms with Gasteiger partial charge in [-0.25, -0.2) is 17.6 Å². The van der Waals surface area contributed by atoms with Gasteiger partial charge in [0.05, 0.1) is 32.2 Å². The number of carbonyl (C=O) groups is 3. The first kappa shape index (κ1) is 33.0. The first-order valence-electron chi connectivity index (χ1n) is 11.7. The molecule has 3 N–H and O–H groups in total. The van der Waals surface area contributed by atoms with Crippen molar-refractivity contribution in [2.24, 2.45) is 5.92 Å². The zero-order valence-corrected chi connectivity index (χ0v) is 24.5. The molecule has 0 bridgehead atoms. The summed E-state index contributed by atoms with van der Waals surface area (Å²) in [5, 5.41) is 5.92. The quantitative estimate of drug-likeness (QED) is 0.162. The van der Waals surface area contributed by atoms with Crippen molar-refractivity contribution in [1.29, 1.82) is 0 Å². The highest BCUT2D eigenvalue weighted by Crippen LogP contribution is 2.65. The van der Waals surface area contributed by atoms with Gasteiger partial charge in [-0.1, -0.05) is 40.9 Å². The highest BCUT2D eigenvalue weighted by atomic mass is 35.5. The summed E-state index contributed by atoms with van der Waals surface area (Å²) >= 11 is 30.8. The molecule has 1 unspecified atom stereocenters. The summed E-state index contributed by atoms with van der Waals surface area (Å²) in [4.78, 5) is 37.4. The maximum atomic E-state index is 14.9. The van der Waals surface area contributed by atoms with E-state index in [1.807, 2.05) is 5.32 Å². The molecule has 1 fully saturated rings. The number of carbonyl (C=O) groups excluding carboxylic acids is 3. The van der Waals surface area contributed by atoms with Crippen LogP contribution in [-0.4, -0.2) is 34.4 Å². The Labute approximate surface area is 263 Å². The molecule has 3 aromatic carbocycles. The fraction of sp³-hybridized carbons (Fsp3) is 0.192. The largest absolute Gasteiger partial charge is 0.383 e. The molecule has 0 spiro atoms. The van der Waals surface area contributed by atoms with Crippen molar-refractivity contribution in [3.63, 3.8) is 0 Å². The van der Waals surface area contributed by atoms with Gasteiger partial charge in [0.2, 0.25) is 5.91 Å². The molecule has 228 valence electrons. The number of anilines is 3. The summed E-state index contributed by atoms with van der Waals surface area (Å²) in [6, 6.07) is 9.44. The molecule has 0 heterocycles. The smallest absolute Gasteiger partial charge is 0.326 e. The minimum Gasteiger partial charge on any atom is -0.326 e. The number of hydrogen-bond donors (Lipinski definition) is 3. The van der Waals surface area contributed by atoms with Crippen LogP contribution in [0.1, 0.15) is 21.8 Å². The Morgan fingerprint density at radius 3 is 2.12 bits per heavy atom.